The third kappa shape index (κ3) is 3.53. The first kappa shape index (κ1) is 16.8. The van der Waals surface area contributed by atoms with Crippen LogP contribution in [0.4, 0.5) is 0 Å². The topological polar surface area (TPSA) is 67.9 Å². The van der Waals surface area contributed by atoms with E-state index in [-0.39, 0.29) is 24.3 Å². The highest BCUT2D eigenvalue weighted by atomic mass is 32.2. The summed E-state index contributed by atoms with van der Waals surface area (Å²) >= 11 is 0. The molecule has 0 radical (unpaired) electrons. The Hall–Kier alpha value is -2.09. The standard InChI is InChI=1S/C17H20N2O4S/c1-19(2)15(13-8-9-16-17(10-13)23-12-22-16)11-18-24(20,21)14-6-4-3-5-7-14/h3-10,15,18H,11-12H2,1-2H3/t15-/m1/s1. The molecule has 1 heterocycles. The van der Waals surface area contributed by atoms with Gasteiger partial charge in [-0.25, -0.2) is 13.1 Å². The van der Waals surface area contributed by atoms with Gasteiger partial charge in [-0.1, -0.05) is 24.3 Å². The highest BCUT2D eigenvalue weighted by Crippen LogP contribution is 2.35. The van der Waals surface area contributed by atoms with Gasteiger partial charge in [-0.3, -0.25) is 0 Å². The van der Waals surface area contributed by atoms with Crippen LogP contribution >= 0.6 is 0 Å². The van der Waals surface area contributed by atoms with Gasteiger partial charge in [0.2, 0.25) is 16.8 Å². The van der Waals surface area contributed by atoms with Gasteiger partial charge in [-0.05, 0) is 43.9 Å². The van der Waals surface area contributed by atoms with Crippen LogP contribution in [0.1, 0.15) is 11.6 Å². The smallest absolute Gasteiger partial charge is 0.240 e. The summed E-state index contributed by atoms with van der Waals surface area (Å²) in [6.45, 7) is 0.468. The van der Waals surface area contributed by atoms with Crippen molar-refractivity contribution in [2.75, 3.05) is 27.4 Å². The Morgan fingerprint density at radius 1 is 1.08 bits per heavy atom. The molecule has 6 nitrogen and oxygen atoms in total. The Bertz CT molecular complexity index is 807. The number of ether oxygens (including phenoxy) is 2. The van der Waals surface area contributed by atoms with Crippen molar-refractivity contribution in [3.8, 4) is 11.5 Å². The summed E-state index contributed by atoms with van der Waals surface area (Å²) in [7, 11) is 0.277. The van der Waals surface area contributed by atoms with Crippen LogP contribution in [0.2, 0.25) is 0 Å². The third-order valence-corrected chi connectivity index (χ3v) is 5.36. The third-order valence-electron chi connectivity index (χ3n) is 3.92. The number of nitrogens with one attached hydrogen (secondary N) is 1. The van der Waals surface area contributed by atoms with Crippen molar-refractivity contribution in [1.82, 2.24) is 9.62 Å². The molecule has 2 aromatic carbocycles. The first-order valence-electron chi connectivity index (χ1n) is 7.58. The molecule has 3 rings (SSSR count). The van der Waals surface area contributed by atoms with E-state index in [4.69, 9.17) is 9.47 Å². The van der Waals surface area contributed by atoms with Gasteiger partial charge in [0.25, 0.3) is 0 Å². The molecule has 0 unspecified atom stereocenters. The van der Waals surface area contributed by atoms with Gasteiger partial charge in [-0.15, -0.1) is 0 Å². The average molecular weight is 348 g/mol. The number of hydrogen-bond donors (Lipinski definition) is 1. The van der Waals surface area contributed by atoms with Gasteiger partial charge in [0.05, 0.1) is 4.90 Å². The number of nitrogens with zero attached hydrogens (tertiary/aromatic N) is 1. The monoisotopic (exact) mass is 348 g/mol. The molecule has 1 atom stereocenters. The maximum absolute atomic E-state index is 12.4. The molecule has 1 aliphatic heterocycles. The van der Waals surface area contributed by atoms with Gasteiger partial charge in [0.15, 0.2) is 11.5 Å². The van der Waals surface area contributed by atoms with Crippen LogP contribution in [0.15, 0.2) is 53.4 Å². The fraction of sp³-hybridized carbons (Fsp3) is 0.294. The Kier molecular flexibility index (Phi) is 4.75. The van der Waals surface area contributed by atoms with Crippen molar-refractivity contribution < 1.29 is 17.9 Å². The lowest BCUT2D eigenvalue weighted by Gasteiger charge is -2.25. The Morgan fingerprint density at radius 3 is 2.50 bits per heavy atom. The molecule has 0 fully saturated rings. The van der Waals surface area contributed by atoms with Gasteiger partial charge in [0, 0.05) is 12.6 Å². The Balaban J connectivity index is 1.78. The van der Waals surface area contributed by atoms with Crippen LogP contribution < -0.4 is 14.2 Å². The first-order chi connectivity index (χ1) is 11.5. The maximum atomic E-state index is 12.4. The van der Waals surface area contributed by atoms with Crippen LogP contribution in [0.5, 0.6) is 11.5 Å². The largest absolute Gasteiger partial charge is 0.454 e. The van der Waals surface area contributed by atoms with E-state index in [1.54, 1.807) is 30.3 Å². The van der Waals surface area contributed by atoms with Crippen LogP contribution in [0.25, 0.3) is 0 Å². The second-order valence-electron chi connectivity index (χ2n) is 5.76. The summed E-state index contributed by atoms with van der Waals surface area (Å²) in [5.41, 5.74) is 0.958. The summed E-state index contributed by atoms with van der Waals surface area (Å²) in [6, 6.07) is 13.9. The van der Waals surface area contributed by atoms with Crippen LogP contribution in [-0.4, -0.2) is 40.8 Å². The second-order valence-corrected chi connectivity index (χ2v) is 7.52. The van der Waals surface area contributed by atoms with E-state index in [2.05, 4.69) is 4.72 Å². The van der Waals surface area contributed by atoms with E-state index in [9.17, 15) is 8.42 Å². The molecule has 7 heteroatoms. The fourth-order valence-corrected chi connectivity index (χ4v) is 3.65. The first-order valence-corrected chi connectivity index (χ1v) is 9.06. The molecule has 0 spiro atoms. The number of sulfonamides is 1. The van der Waals surface area contributed by atoms with E-state index < -0.39 is 10.0 Å². The summed E-state index contributed by atoms with van der Waals surface area (Å²) in [4.78, 5) is 2.22. The molecule has 2 aromatic rings. The van der Waals surface area contributed by atoms with Gasteiger partial charge in [0.1, 0.15) is 0 Å². The average Bonchev–Trinajstić information content (AvgIpc) is 3.03. The van der Waals surface area contributed by atoms with Crippen LogP contribution in [0, 0.1) is 0 Å². The van der Waals surface area contributed by atoms with Crippen LogP contribution in [0.3, 0.4) is 0 Å². The Morgan fingerprint density at radius 2 is 1.79 bits per heavy atom. The Labute approximate surface area is 142 Å². The molecular formula is C17H20N2O4S. The molecule has 1 N–H and O–H groups in total. The van der Waals surface area contributed by atoms with Crippen molar-refractivity contribution in [3.63, 3.8) is 0 Å². The molecule has 0 aromatic heterocycles. The molecule has 1 aliphatic rings. The fourth-order valence-electron chi connectivity index (χ4n) is 2.59. The lowest BCUT2D eigenvalue weighted by atomic mass is 10.1. The molecule has 0 aliphatic carbocycles. The summed E-state index contributed by atoms with van der Waals surface area (Å²) in [5, 5.41) is 0. The molecule has 24 heavy (non-hydrogen) atoms. The van der Waals surface area contributed by atoms with Crippen molar-refractivity contribution in [2.45, 2.75) is 10.9 Å². The number of fused-ring (bicyclic) bond motifs is 1. The molecule has 0 saturated carbocycles. The van der Waals surface area contributed by atoms with E-state index in [1.165, 1.54) is 0 Å². The van der Waals surface area contributed by atoms with Crippen molar-refractivity contribution in [1.29, 1.82) is 0 Å². The molecule has 0 saturated heterocycles. The lowest BCUT2D eigenvalue weighted by molar-refractivity contribution is 0.174. The van der Waals surface area contributed by atoms with Crippen molar-refractivity contribution in [3.05, 3.63) is 54.1 Å². The number of rotatable bonds is 6. The highest BCUT2D eigenvalue weighted by Gasteiger charge is 2.22. The van der Waals surface area contributed by atoms with E-state index in [0.717, 1.165) is 5.56 Å². The zero-order chi connectivity index (χ0) is 17.2. The minimum atomic E-state index is -3.54. The van der Waals surface area contributed by atoms with Gasteiger partial charge < -0.3 is 14.4 Å². The summed E-state index contributed by atoms with van der Waals surface area (Å²) < 4.78 is 38.2. The van der Waals surface area contributed by atoms with E-state index in [0.29, 0.717) is 11.5 Å². The number of likely N-dealkylation sites (N-methyl/N-ethyl adjacent to an activating group) is 1. The number of hydrogen-bond acceptors (Lipinski definition) is 5. The zero-order valence-electron chi connectivity index (χ0n) is 13.6. The van der Waals surface area contributed by atoms with Crippen molar-refractivity contribution in [2.24, 2.45) is 0 Å². The van der Waals surface area contributed by atoms with Gasteiger partial charge in [-0.2, -0.15) is 0 Å². The highest BCUT2D eigenvalue weighted by molar-refractivity contribution is 7.89. The minimum Gasteiger partial charge on any atom is -0.454 e. The predicted octanol–water partition coefficient (Wildman–Crippen LogP) is 2.00. The predicted molar refractivity (Wildman–Crippen MR) is 90.6 cm³/mol. The van der Waals surface area contributed by atoms with Crippen LogP contribution in [-0.2, 0) is 10.0 Å². The lowest BCUT2D eigenvalue weighted by Crippen LogP contribution is -2.34. The maximum Gasteiger partial charge on any atom is 0.240 e. The quantitative estimate of drug-likeness (QED) is 0.865. The van der Waals surface area contributed by atoms with Gasteiger partial charge >= 0.3 is 0 Å². The van der Waals surface area contributed by atoms with E-state index in [1.807, 2.05) is 37.2 Å². The minimum absolute atomic E-state index is 0.127. The molecule has 128 valence electrons. The zero-order valence-corrected chi connectivity index (χ0v) is 14.4. The molecule has 0 bridgehead atoms. The van der Waals surface area contributed by atoms with E-state index >= 15 is 0 Å². The van der Waals surface area contributed by atoms with Crippen molar-refractivity contribution >= 4 is 10.0 Å². The second kappa shape index (κ2) is 6.80. The number of benzene rings is 2. The summed E-state index contributed by atoms with van der Waals surface area (Å²) in [6.07, 6.45) is 0. The molecular weight excluding hydrogens is 328 g/mol. The molecule has 0 amide bonds. The summed E-state index contributed by atoms with van der Waals surface area (Å²) in [5.74, 6) is 1.39. The normalized spacial score (nSPS) is 14.8. The SMILES string of the molecule is CN(C)[C@H](CNS(=O)(=O)c1ccccc1)c1ccc2c(c1)OCO2.